The van der Waals surface area contributed by atoms with Gasteiger partial charge in [0.15, 0.2) is 0 Å². The number of nitrogens with zero attached hydrogens (tertiary/aromatic N) is 2. The fraction of sp³-hybridized carbons (Fsp3) is 0.435. The van der Waals surface area contributed by atoms with Gasteiger partial charge in [0.1, 0.15) is 33.1 Å². The maximum absolute atomic E-state index is 14.4. The zero-order valence-corrected chi connectivity index (χ0v) is 19.1. The number of carbonyl (C=O) groups excluding carboxylic acids is 1. The number of benzene rings is 2. The van der Waals surface area contributed by atoms with Crippen molar-refractivity contribution in [2.24, 2.45) is 0 Å². The van der Waals surface area contributed by atoms with Crippen molar-refractivity contribution in [3.63, 3.8) is 0 Å². The third kappa shape index (κ3) is 4.85. The first-order valence-electron chi connectivity index (χ1n) is 11.1. The van der Waals surface area contributed by atoms with Crippen LogP contribution in [0.2, 0.25) is 0 Å². The Kier molecular flexibility index (Phi) is 6.78. The van der Waals surface area contributed by atoms with Crippen LogP contribution < -0.4 is 10.1 Å². The van der Waals surface area contributed by atoms with Crippen LogP contribution in [0.4, 0.5) is 13.6 Å². The zero-order valence-electron chi connectivity index (χ0n) is 19.1. The number of piperidine rings is 1. The summed E-state index contributed by atoms with van der Waals surface area (Å²) in [7, 11) is 26.0. The van der Waals surface area contributed by atoms with Crippen molar-refractivity contribution in [3.8, 4) is 5.75 Å². The highest BCUT2D eigenvalue weighted by molar-refractivity contribution is 6.54. The molecule has 2 amide bonds. The van der Waals surface area contributed by atoms with Gasteiger partial charge in [-0.2, -0.15) is 0 Å². The zero-order chi connectivity index (χ0) is 24.7. The molecule has 0 spiro atoms. The normalized spacial score (nSPS) is 19.3. The SMILES string of the molecule is [B]C1([B])Oc2ccc(CNC(=O)N(Cc3ccc(F)cc3F)C3CCN(C)CC3)cc2C1([B])[B]. The van der Waals surface area contributed by atoms with E-state index < -0.39 is 22.2 Å². The van der Waals surface area contributed by atoms with Gasteiger partial charge in [-0.1, -0.05) is 23.4 Å². The van der Waals surface area contributed by atoms with E-state index in [1.807, 2.05) is 7.05 Å². The average molecular weight is 455 g/mol. The lowest BCUT2D eigenvalue weighted by Gasteiger charge is -2.37. The first kappa shape index (κ1) is 24.7. The molecule has 1 fully saturated rings. The summed E-state index contributed by atoms with van der Waals surface area (Å²) >= 11 is 0. The standard InChI is InChI=1S/C23H23B4F2N3O2/c1-31-8-6-17(7-9-31)32(13-15-3-4-16(28)11-19(15)29)21(33)30-12-14-2-5-20-18(10-14)22(24,25)23(26,27)34-20/h2-5,10-11,17H,6-9,12-13H2,1H3,(H,30,33). The Balaban J connectivity index is 1.50. The number of hydrogen-bond donors (Lipinski definition) is 1. The van der Waals surface area contributed by atoms with E-state index in [0.717, 1.165) is 32.0 Å². The predicted molar refractivity (Wildman–Crippen MR) is 129 cm³/mol. The quantitative estimate of drug-likeness (QED) is 0.699. The summed E-state index contributed by atoms with van der Waals surface area (Å²) in [6, 6.07) is 8.04. The maximum atomic E-state index is 14.4. The van der Waals surface area contributed by atoms with Crippen LogP contribution in [0.15, 0.2) is 36.4 Å². The van der Waals surface area contributed by atoms with Crippen molar-refractivity contribution in [1.82, 2.24) is 15.1 Å². The van der Waals surface area contributed by atoms with Crippen LogP contribution in [0, 0.1) is 11.6 Å². The maximum Gasteiger partial charge on any atom is 0.318 e. The fourth-order valence-electron chi connectivity index (χ4n) is 4.36. The topological polar surface area (TPSA) is 44.8 Å². The molecule has 11 heteroatoms. The third-order valence-corrected chi connectivity index (χ3v) is 6.60. The van der Waals surface area contributed by atoms with Crippen molar-refractivity contribution < 1.29 is 18.3 Å². The molecule has 1 saturated heterocycles. The van der Waals surface area contributed by atoms with E-state index in [0.29, 0.717) is 16.9 Å². The lowest BCUT2D eigenvalue weighted by molar-refractivity contribution is 0.126. The molecular weight excluding hydrogens is 432 g/mol. The Morgan fingerprint density at radius 3 is 2.53 bits per heavy atom. The second-order valence-electron chi connectivity index (χ2n) is 9.15. The number of urea groups is 1. The van der Waals surface area contributed by atoms with E-state index >= 15 is 0 Å². The van der Waals surface area contributed by atoms with Crippen LogP contribution >= 0.6 is 0 Å². The van der Waals surface area contributed by atoms with Crippen molar-refractivity contribution >= 4 is 37.4 Å². The number of amides is 2. The van der Waals surface area contributed by atoms with Crippen molar-refractivity contribution in [2.75, 3.05) is 20.1 Å². The number of likely N-dealkylation sites (tertiary alicyclic amines) is 1. The summed E-state index contributed by atoms with van der Waals surface area (Å²) in [4.78, 5) is 17.0. The highest BCUT2D eigenvalue weighted by atomic mass is 19.1. The van der Waals surface area contributed by atoms with Crippen molar-refractivity contribution in [1.29, 1.82) is 0 Å². The summed E-state index contributed by atoms with van der Waals surface area (Å²) in [5, 5.41) is -0.481. The van der Waals surface area contributed by atoms with E-state index in [9.17, 15) is 13.6 Å². The molecule has 0 atom stereocenters. The Morgan fingerprint density at radius 2 is 1.85 bits per heavy atom. The molecule has 0 unspecified atom stereocenters. The van der Waals surface area contributed by atoms with Gasteiger partial charge >= 0.3 is 6.03 Å². The van der Waals surface area contributed by atoms with Gasteiger partial charge < -0.3 is 19.9 Å². The molecular formula is C23H23B4F2N3O2. The first-order valence-corrected chi connectivity index (χ1v) is 11.1. The van der Waals surface area contributed by atoms with E-state index in [4.69, 9.17) is 36.1 Å². The molecule has 34 heavy (non-hydrogen) atoms. The molecule has 1 N–H and O–H groups in total. The van der Waals surface area contributed by atoms with E-state index in [1.54, 1.807) is 23.1 Å². The van der Waals surface area contributed by atoms with Gasteiger partial charge in [-0.25, -0.2) is 13.6 Å². The molecule has 0 aromatic heterocycles. The van der Waals surface area contributed by atoms with Crippen LogP contribution in [0.3, 0.4) is 0 Å². The lowest BCUT2D eigenvalue weighted by Crippen LogP contribution is -2.53. The van der Waals surface area contributed by atoms with Crippen LogP contribution in [-0.4, -0.2) is 78.8 Å². The smallest absolute Gasteiger partial charge is 0.318 e. The Bertz CT molecular complexity index is 1080. The van der Waals surface area contributed by atoms with Gasteiger partial charge in [-0.15, -0.1) is 0 Å². The van der Waals surface area contributed by atoms with Gasteiger partial charge in [-0.05, 0) is 56.2 Å². The summed E-state index contributed by atoms with van der Waals surface area (Å²) in [6.07, 6.45) is 1.50. The molecule has 2 heterocycles. The van der Waals surface area contributed by atoms with E-state index in [1.165, 1.54) is 12.1 Å². The molecule has 2 aliphatic rings. The highest BCUT2D eigenvalue weighted by Gasteiger charge is 2.45. The van der Waals surface area contributed by atoms with Gasteiger partial charge in [0.25, 0.3) is 0 Å². The molecule has 0 bridgehead atoms. The molecule has 0 aliphatic carbocycles. The molecule has 5 nitrogen and oxygen atoms in total. The molecule has 168 valence electrons. The van der Waals surface area contributed by atoms with Crippen molar-refractivity contribution in [3.05, 3.63) is 64.7 Å². The van der Waals surface area contributed by atoms with Crippen molar-refractivity contribution in [2.45, 2.75) is 42.6 Å². The highest BCUT2D eigenvalue weighted by Crippen LogP contribution is 2.43. The largest absolute Gasteiger partial charge is 0.507 e. The van der Waals surface area contributed by atoms with Crippen LogP contribution in [0.1, 0.15) is 29.5 Å². The predicted octanol–water partition coefficient (Wildman–Crippen LogP) is 1.64. The number of fused-ring (bicyclic) bond motifs is 1. The Labute approximate surface area is 204 Å². The molecule has 4 rings (SSSR count). The van der Waals surface area contributed by atoms with Gasteiger partial charge in [-0.3, -0.25) is 0 Å². The third-order valence-electron chi connectivity index (χ3n) is 6.60. The Hall–Kier alpha value is -2.41. The number of ether oxygens (including phenoxy) is 1. The fourth-order valence-corrected chi connectivity index (χ4v) is 4.36. The molecule has 0 saturated carbocycles. The summed E-state index contributed by atoms with van der Waals surface area (Å²) < 4.78 is 33.2. The summed E-state index contributed by atoms with van der Waals surface area (Å²) in [5.41, 5.74) is 1.40. The average Bonchev–Trinajstić information content (AvgIpc) is 2.96. The number of hydrogen-bond acceptors (Lipinski definition) is 3. The van der Waals surface area contributed by atoms with Gasteiger partial charge in [0.05, 0.1) is 22.2 Å². The number of rotatable bonds is 5. The number of nitrogens with one attached hydrogen (secondary N) is 1. The Morgan fingerprint density at radius 1 is 1.15 bits per heavy atom. The number of carbonyl (C=O) groups is 1. The minimum Gasteiger partial charge on any atom is -0.507 e. The summed E-state index contributed by atoms with van der Waals surface area (Å²) in [6.45, 7) is 1.83. The molecule has 2 aliphatic heterocycles. The van der Waals surface area contributed by atoms with E-state index in [2.05, 4.69) is 10.2 Å². The second kappa shape index (κ2) is 9.33. The minimum atomic E-state index is -1.76. The van der Waals surface area contributed by atoms with Crippen LogP contribution in [0.25, 0.3) is 0 Å². The lowest BCUT2D eigenvalue weighted by atomic mass is 9.34. The molecule has 2 aromatic rings. The molecule has 2 aromatic carbocycles. The minimum absolute atomic E-state index is 0.0297. The monoisotopic (exact) mass is 455 g/mol. The second-order valence-corrected chi connectivity index (χ2v) is 9.15. The first-order chi connectivity index (χ1) is 16.0. The van der Waals surface area contributed by atoms with Gasteiger partial charge in [0, 0.05) is 29.6 Å². The van der Waals surface area contributed by atoms with Crippen LogP contribution in [-0.2, 0) is 18.3 Å². The number of halogens is 2. The van der Waals surface area contributed by atoms with Gasteiger partial charge in [0.2, 0.25) is 0 Å². The van der Waals surface area contributed by atoms with E-state index in [-0.39, 0.29) is 30.7 Å². The summed E-state index contributed by atoms with van der Waals surface area (Å²) in [5.74, 6) is -0.963. The van der Waals surface area contributed by atoms with Crippen LogP contribution in [0.5, 0.6) is 5.75 Å². The molecule has 8 radical (unpaired) electrons.